The highest BCUT2D eigenvalue weighted by molar-refractivity contribution is 5.72. The van der Waals surface area contributed by atoms with E-state index in [2.05, 4.69) is 4.90 Å². The molecule has 1 aliphatic heterocycles. The highest BCUT2D eigenvalue weighted by Gasteiger charge is 2.25. The average molecular weight is 281 g/mol. The van der Waals surface area contributed by atoms with Crippen LogP contribution in [0.25, 0.3) is 0 Å². The number of ether oxygens (including phenoxy) is 2. The zero-order chi connectivity index (χ0) is 14.5. The van der Waals surface area contributed by atoms with Crippen molar-refractivity contribution in [1.82, 2.24) is 4.90 Å². The van der Waals surface area contributed by atoms with Crippen LogP contribution in [0.15, 0.2) is 18.2 Å². The van der Waals surface area contributed by atoms with Crippen molar-refractivity contribution in [2.75, 3.05) is 27.3 Å². The van der Waals surface area contributed by atoms with E-state index in [1.165, 1.54) is 19.2 Å². The number of carbonyl (C=O) groups is 1. The maximum atomic E-state index is 13.3. The van der Waals surface area contributed by atoms with Crippen molar-refractivity contribution in [3.8, 4) is 5.75 Å². The molecule has 1 saturated heterocycles. The fourth-order valence-corrected chi connectivity index (χ4v) is 2.61. The molecule has 1 aliphatic rings. The predicted molar refractivity (Wildman–Crippen MR) is 73.0 cm³/mol. The van der Waals surface area contributed by atoms with E-state index in [1.54, 1.807) is 13.2 Å². The van der Waals surface area contributed by atoms with Crippen LogP contribution in [0.1, 0.15) is 18.4 Å². The quantitative estimate of drug-likeness (QED) is 0.793. The van der Waals surface area contributed by atoms with Gasteiger partial charge in [0.25, 0.3) is 0 Å². The summed E-state index contributed by atoms with van der Waals surface area (Å²) in [5.74, 6) is 0.297. The minimum absolute atomic E-state index is 0.00865. The molecule has 0 aromatic heterocycles. The number of likely N-dealkylation sites (tertiary alicyclic amines) is 1. The zero-order valence-corrected chi connectivity index (χ0v) is 11.9. The second-order valence-electron chi connectivity index (χ2n) is 5.03. The largest absolute Gasteiger partial charge is 0.496 e. The van der Waals surface area contributed by atoms with Crippen LogP contribution in [-0.2, 0) is 16.1 Å². The van der Waals surface area contributed by atoms with Crippen molar-refractivity contribution >= 4 is 5.97 Å². The Kier molecular flexibility index (Phi) is 4.95. The Morgan fingerprint density at radius 2 is 2.05 bits per heavy atom. The monoisotopic (exact) mass is 281 g/mol. The van der Waals surface area contributed by atoms with Crippen molar-refractivity contribution in [2.24, 2.45) is 5.92 Å². The molecule has 0 N–H and O–H groups in total. The normalized spacial score (nSPS) is 16.9. The van der Waals surface area contributed by atoms with E-state index in [0.29, 0.717) is 12.3 Å². The fourth-order valence-electron chi connectivity index (χ4n) is 2.61. The summed E-state index contributed by atoms with van der Waals surface area (Å²) in [6.07, 6.45) is 1.56. The van der Waals surface area contributed by atoms with E-state index in [9.17, 15) is 9.18 Å². The Hall–Kier alpha value is -1.62. The smallest absolute Gasteiger partial charge is 0.308 e. The number of esters is 1. The standard InChI is InChI=1S/C15H20FNO3/c1-19-14-4-3-13(16)9-12(14)10-17-7-5-11(6-8-17)15(18)20-2/h3-4,9,11H,5-8,10H2,1-2H3. The molecule has 0 amide bonds. The van der Waals surface area contributed by atoms with Crippen molar-refractivity contribution < 1.29 is 18.7 Å². The summed E-state index contributed by atoms with van der Waals surface area (Å²) in [7, 11) is 3.01. The van der Waals surface area contributed by atoms with E-state index < -0.39 is 0 Å². The fraction of sp³-hybridized carbons (Fsp3) is 0.533. The van der Waals surface area contributed by atoms with Gasteiger partial charge in [0, 0.05) is 12.1 Å². The van der Waals surface area contributed by atoms with E-state index in [1.807, 2.05) is 0 Å². The molecule has 110 valence electrons. The molecule has 1 heterocycles. The molecule has 1 fully saturated rings. The van der Waals surface area contributed by atoms with Crippen LogP contribution < -0.4 is 4.74 Å². The molecule has 2 rings (SSSR count). The molecule has 5 heteroatoms. The minimum Gasteiger partial charge on any atom is -0.496 e. The number of methoxy groups -OCH3 is 2. The summed E-state index contributed by atoms with van der Waals surface area (Å²) >= 11 is 0. The van der Waals surface area contributed by atoms with Gasteiger partial charge in [-0.2, -0.15) is 0 Å². The topological polar surface area (TPSA) is 38.8 Å². The van der Waals surface area contributed by atoms with Gasteiger partial charge in [0.05, 0.1) is 20.1 Å². The van der Waals surface area contributed by atoms with Gasteiger partial charge in [-0.25, -0.2) is 4.39 Å². The molecule has 0 aliphatic carbocycles. The van der Waals surface area contributed by atoms with Crippen molar-refractivity contribution in [3.63, 3.8) is 0 Å². The molecular formula is C15H20FNO3. The van der Waals surface area contributed by atoms with Gasteiger partial charge < -0.3 is 9.47 Å². The van der Waals surface area contributed by atoms with Gasteiger partial charge in [0.2, 0.25) is 0 Å². The second kappa shape index (κ2) is 6.70. The van der Waals surface area contributed by atoms with E-state index >= 15 is 0 Å². The van der Waals surface area contributed by atoms with Crippen LogP contribution in [0, 0.1) is 11.7 Å². The Balaban J connectivity index is 1.96. The SMILES string of the molecule is COC(=O)C1CCN(Cc2cc(F)ccc2OC)CC1. The summed E-state index contributed by atoms with van der Waals surface area (Å²) in [5.41, 5.74) is 0.837. The number of piperidine rings is 1. The summed E-state index contributed by atoms with van der Waals surface area (Å²) < 4.78 is 23.3. The number of carbonyl (C=O) groups excluding carboxylic acids is 1. The highest BCUT2D eigenvalue weighted by atomic mass is 19.1. The first-order valence-corrected chi connectivity index (χ1v) is 6.76. The van der Waals surface area contributed by atoms with Crippen LogP contribution >= 0.6 is 0 Å². The first kappa shape index (κ1) is 14.8. The molecule has 0 saturated carbocycles. The maximum absolute atomic E-state index is 13.3. The van der Waals surface area contributed by atoms with Gasteiger partial charge in [-0.15, -0.1) is 0 Å². The summed E-state index contributed by atoms with van der Waals surface area (Å²) in [6, 6.07) is 4.54. The minimum atomic E-state index is -0.259. The van der Waals surface area contributed by atoms with Crippen LogP contribution in [0.4, 0.5) is 4.39 Å². The lowest BCUT2D eigenvalue weighted by Gasteiger charge is -2.30. The Labute approximate surface area is 118 Å². The predicted octanol–water partition coefficient (Wildman–Crippen LogP) is 2.22. The molecule has 0 unspecified atom stereocenters. The molecular weight excluding hydrogens is 261 g/mol. The van der Waals surface area contributed by atoms with Crippen LogP contribution in [0.5, 0.6) is 5.75 Å². The summed E-state index contributed by atoms with van der Waals surface area (Å²) in [6.45, 7) is 2.24. The third-order valence-corrected chi connectivity index (χ3v) is 3.76. The molecule has 1 aromatic rings. The zero-order valence-electron chi connectivity index (χ0n) is 11.9. The number of hydrogen-bond donors (Lipinski definition) is 0. The van der Waals surface area contributed by atoms with E-state index in [0.717, 1.165) is 31.5 Å². The molecule has 4 nitrogen and oxygen atoms in total. The number of nitrogens with zero attached hydrogens (tertiary/aromatic N) is 1. The third kappa shape index (κ3) is 3.48. The molecule has 0 radical (unpaired) electrons. The van der Waals surface area contributed by atoms with Crippen molar-refractivity contribution in [2.45, 2.75) is 19.4 Å². The third-order valence-electron chi connectivity index (χ3n) is 3.76. The van der Waals surface area contributed by atoms with Gasteiger partial charge in [-0.1, -0.05) is 0 Å². The van der Waals surface area contributed by atoms with Gasteiger partial charge in [-0.3, -0.25) is 9.69 Å². The van der Waals surface area contributed by atoms with Crippen molar-refractivity contribution in [3.05, 3.63) is 29.6 Å². The molecule has 20 heavy (non-hydrogen) atoms. The molecule has 0 spiro atoms. The van der Waals surface area contributed by atoms with Crippen LogP contribution in [0.3, 0.4) is 0 Å². The summed E-state index contributed by atoms with van der Waals surface area (Å²) in [5, 5.41) is 0. The first-order valence-electron chi connectivity index (χ1n) is 6.76. The van der Waals surface area contributed by atoms with Gasteiger partial charge >= 0.3 is 5.97 Å². The highest BCUT2D eigenvalue weighted by Crippen LogP contribution is 2.24. The summed E-state index contributed by atoms with van der Waals surface area (Å²) in [4.78, 5) is 13.7. The Morgan fingerprint density at radius 3 is 2.65 bits per heavy atom. The number of halogens is 1. The first-order chi connectivity index (χ1) is 9.63. The lowest BCUT2D eigenvalue weighted by molar-refractivity contribution is -0.147. The Bertz CT molecular complexity index is 470. The van der Waals surface area contributed by atoms with Gasteiger partial charge in [-0.05, 0) is 44.1 Å². The number of rotatable bonds is 4. The second-order valence-corrected chi connectivity index (χ2v) is 5.03. The lowest BCUT2D eigenvalue weighted by Crippen LogP contribution is -2.36. The van der Waals surface area contributed by atoms with Crippen LogP contribution in [-0.4, -0.2) is 38.2 Å². The van der Waals surface area contributed by atoms with Crippen molar-refractivity contribution in [1.29, 1.82) is 0 Å². The van der Waals surface area contributed by atoms with Gasteiger partial charge in [0.15, 0.2) is 0 Å². The maximum Gasteiger partial charge on any atom is 0.308 e. The number of benzene rings is 1. The lowest BCUT2D eigenvalue weighted by atomic mass is 9.96. The molecule has 1 aromatic carbocycles. The van der Waals surface area contributed by atoms with E-state index in [-0.39, 0.29) is 17.7 Å². The van der Waals surface area contributed by atoms with E-state index in [4.69, 9.17) is 9.47 Å². The average Bonchev–Trinajstić information content (AvgIpc) is 2.47. The van der Waals surface area contributed by atoms with Crippen LogP contribution in [0.2, 0.25) is 0 Å². The Morgan fingerprint density at radius 1 is 1.35 bits per heavy atom. The van der Waals surface area contributed by atoms with Gasteiger partial charge in [0.1, 0.15) is 11.6 Å². The molecule has 0 atom stereocenters. The number of hydrogen-bond acceptors (Lipinski definition) is 4. The molecule has 0 bridgehead atoms.